The number of aliphatic hydroxyl groups is 1. The van der Waals surface area contributed by atoms with Gasteiger partial charge in [0.15, 0.2) is 27.0 Å². The molecule has 2 saturated carbocycles. The molecule has 10 heteroatoms. The average Bonchev–Trinajstić information content (AvgIpc) is 3.79. The van der Waals surface area contributed by atoms with Crippen LogP contribution in [0.5, 0.6) is 0 Å². The molecule has 0 aliphatic heterocycles. The number of pyridine rings is 1. The summed E-state index contributed by atoms with van der Waals surface area (Å²) in [4.78, 5) is 10.5. The third-order valence-electron chi connectivity index (χ3n) is 9.10. The maximum atomic E-state index is 12.0. The Labute approximate surface area is 254 Å². The van der Waals surface area contributed by atoms with Gasteiger partial charge in [-0.1, -0.05) is 54.6 Å². The van der Waals surface area contributed by atoms with Crippen molar-refractivity contribution in [3.63, 3.8) is 0 Å². The first-order chi connectivity index (χ1) is 21.1. The van der Waals surface area contributed by atoms with E-state index < -0.39 is 21.0 Å². The first-order valence-corrected chi connectivity index (χ1v) is 16.5. The first-order valence-electron chi connectivity index (χ1n) is 14.7. The molecule has 0 spiro atoms. The molecule has 2 fully saturated rings. The number of benzene rings is 3. The molecule has 3 N–H and O–H groups in total. The lowest BCUT2D eigenvalue weighted by Gasteiger charge is -2.52. The fourth-order valence-corrected chi connectivity index (χ4v) is 7.26. The zero-order valence-electron chi connectivity index (χ0n) is 24.1. The van der Waals surface area contributed by atoms with Crippen molar-refractivity contribution in [2.24, 2.45) is 11.7 Å². The molecule has 0 saturated heterocycles. The standard InChI is InChI=1S/C34H30N6O3S/c1-44(42,43)26-15-9-23(10-16-26)31-39-38-28-18-17-27-32(40(28)31)37-30(21-5-3-2-4-6-21)29(36-27)22-7-11-24(12-8-22)33(35)19-34(41,20-33)25-13-14-25/h2-12,15-18,25,41H,13-14,19-20,35H2,1H3. The van der Waals surface area contributed by atoms with Gasteiger partial charge in [-0.3, -0.25) is 4.40 Å². The monoisotopic (exact) mass is 602 g/mol. The van der Waals surface area contributed by atoms with Gasteiger partial charge in [0.25, 0.3) is 0 Å². The van der Waals surface area contributed by atoms with Gasteiger partial charge in [0.05, 0.1) is 21.9 Å². The summed E-state index contributed by atoms with van der Waals surface area (Å²) >= 11 is 0. The zero-order chi connectivity index (χ0) is 30.3. The normalized spacial score (nSPS) is 21.9. The molecule has 0 radical (unpaired) electrons. The largest absolute Gasteiger partial charge is 0.389 e. The Morgan fingerprint density at radius 3 is 2.09 bits per heavy atom. The number of hydrogen-bond acceptors (Lipinski definition) is 8. The van der Waals surface area contributed by atoms with Gasteiger partial charge >= 0.3 is 0 Å². The number of fused-ring (bicyclic) bond motifs is 3. The summed E-state index contributed by atoms with van der Waals surface area (Å²) in [6.45, 7) is 0. The molecule has 0 unspecified atom stereocenters. The van der Waals surface area contributed by atoms with E-state index in [1.807, 2.05) is 71.1 Å². The van der Waals surface area contributed by atoms with Crippen LogP contribution < -0.4 is 5.73 Å². The van der Waals surface area contributed by atoms with Crippen LogP contribution in [0.3, 0.4) is 0 Å². The van der Waals surface area contributed by atoms with Crippen LogP contribution in [0.2, 0.25) is 0 Å². The van der Waals surface area contributed by atoms with Crippen molar-refractivity contribution in [1.82, 2.24) is 24.6 Å². The van der Waals surface area contributed by atoms with Gasteiger partial charge < -0.3 is 10.8 Å². The molecule has 2 aliphatic rings. The molecule has 6 aromatic rings. The predicted molar refractivity (Wildman–Crippen MR) is 168 cm³/mol. The molecule has 2 aliphatic carbocycles. The van der Waals surface area contributed by atoms with Crippen LogP contribution in [0.15, 0.2) is 95.9 Å². The second-order valence-electron chi connectivity index (χ2n) is 12.3. The van der Waals surface area contributed by atoms with Crippen LogP contribution in [-0.4, -0.2) is 49.9 Å². The molecule has 220 valence electrons. The van der Waals surface area contributed by atoms with E-state index in [0.29, 0.717) is 52.7 Å². The molecule has 0 atom stereocenters. The molecule has 0 bridgehead atoms. The Morgan fingerprint density at radius 1 is 0.795 bits per heavy atom. The minimum atomic E-state index is -3.33. The van der Waals surface area contributed by atoms with Crippen molar-refractivity contribution in [2.75, 3.05) is 6.26 Å². The summed E-state index contributed by atoms with van der Waals surface area (Å²) in [6.07, 6.45) is 4.54. The van der Waals surface area contributed by atoms with Crippen molar-refractivity contribution in [3.05, 3.63) is 96.6 Å². The lowest BCUT2D eigenvalue weighted by Crippen LogP contribution is -2.60. The summed E-state index contributed by atoms with van der Waals surface area (Å²) in [7, 11) is -3.33. The predicted octanol–water partition coefficient (Wildman–Crippen LogP) is 5.17. The van der Waals surface area contributed by atoms with Gasteiger partial charge in [-0.25, -0.2) is 18.4 Å². The minimum absolute atomic E-state index is 0.234. The Kier molecular flexibility index (Phi) is 5.84. The van der Waals surface area contributed by atoms with Crippen LogP contribution in [0.4, 0.5) is 0 Å². The maximum absolute atomic E-state index is 12.0. The molecule has 3 aromatic heterocycles. The molecule has 9 nitrogen and oxygen atoms in total. The summed E-state index contributed by atoms with van der Waals surface area (Å²) in [6, 6.07) is 28.4. The fraction of sp³-hybridized carbons (Fsp3) is 0.235. The topological polar surface area (TPSA) is 136 Å². The van der Waals surface area contributed by atoms with E-state index in [9.17, 15) is 13.5 Å². The van der Waals surface area contributed by atoms with Gasteiger partial charge in [-0.05, 0) is 73.6 Å². The number of hydrogen-bond donors (Lipinski definition) is 2. The summed E-state index contributed by atoms with van der Waals surface area (Å²) in [5, 5.41) is 19.7. The van der Waals surface area contributed by atoms with Crippen molar-refractivity contribution < 1.29 is 13.5 Å². The van der Waals surface area contributed by atoms with E-state index in [-0.39, 0.29) is 4.90 Å². The lowest BCUT2D eigenvalue weighted by molar-refractivity contribution is -0.106. The Morgan fingerprint density at radius 2 is 1.43 bits per heavy atom. The number of rotatable bonds is 6. The third kappa shape index (κ3) is 4.40. The SMILES string of the molecule is CS(=O)(=O)c1ccc(-c2nnc3ccc4nc(-c5ccc(C6(N)CC(O)(C7CC7)C6)cc5)c(-c5ccccc5)nc4n23)cc1. The Hall–Kier alpha value is -4.51. The van der Waals surface area contributed by atoms with Gasteiger partial charge in [0, 0.05) is 28.5 Å². The van der Waals surface area contributed by atoms with Crippen molar-refractivity contribution in [2.45, 2.75) is 41.7 Å². The van der Waals surface area contributed by atoms with Crippen LogP contribution in [0.25, 0.3) is 50.7 Å². The van der Waals surface area contributed by atoms with Crippen LogP contribution in [0.1, 0.15) is 31.2 Å². The zero-order valence-corrected chi connectivity index (χ0v) is 24.9. The number of nitrogens with two attached hydrogens (primary N) is 1. The van der Waals surface area contributed by atoms with Crippen LogP contribution in [0, 0.1) is 5.92 Å². The van der Waals surface area contributed by atoms with E-state index in [0.717, 1.165) is 35.2 Å². The minimum Gasteiger partial charge on any atom is -0.389 e. The Bertz CT molecular complexity index is 2170. The highest BCUT2D eigenvalue weighted by molar-refractivity contribution is 7.90. The number of sulfone groups is 1. The molecule has 8 rings (SSSR count). The Balaban J connectivity index is 1.25. The molecule has 0 amide bonds. The number of aromatic nitrogens is 5. The summed E-state index contributed by atoms with van der Waals surface area (Å²) in [5.74, 6) is 0.931. The molecule has 3 heterocycles. The van der Waals surface area contributed by atoms with Gasteiger partial charge in [0.2, 0.25) is 0 Å². The van der Waals surface area contributed by atoms with Crippen molar-refractivity contribution >= 4 is 26.6 Å². The van der Waals surface area contributed by atoms with E-state index in [2.05, 4.69) is 10.2 Å². The van der Waals surface area contributed by atoms with Crippen molar-refractivity contribution in [3.8, 4) is 33.9 Å². The summed E-state index contributed by atoms with van der Waals surface area (Å²) in [5.41, 5.74) is 12.4. The van der Waals surface area contributed by atoms with Gasteiger partial charge in [-0.2, -0.15) is 0 Å². The first kappa shape index (κ1) is 27.1. The second-order valence-corrected chi connectivity index (χ2v) is 14.3. The number of nitrogens with zero attached hydrogens (tertiary/aromatic N) is 5. The molecule has 3 aromatic carbocycles. The van der Waals surface area contributed by atoms with E-state index in [1.165, 1.54) is 6.26 Å². The average molecular weight is 603 g/mol. The second kappa shape index (κ2) is 9.49. The smallest absolute Gasteiger partial charge is 0.175 e. The highest BCUT2D eigenvalue weighted by Crippen LogP contribution is 2.57. The quantitative estimate of drug-likeness (QED) is 0.267. The molecular weight excluding hydrogens is 572 g/mol. The van der Waals surface area contributed by atoms with Gasteiger partial charge in [-0.15, -0.1) is 10.2 Å². The summed E-state index contributed by atoms with van der Waals surface area (Å²) < 4.78 is 25.9. The van der Waals surface area contributed by atoms with E-state index >= 15 is 0 Å². The van der Waals surface area contributed by atoms with Crippen molar-refractivity contribution in [1.29, 1.82) is 0 Å². The van der Waals surface area contributed by atoms with E-state index in [4.69, 9.17) is 15.7 Å². The van der Waals surface area contributed by atoms with Crippen LogP contribution >= 0.6 is 0 Å². The fourth-order valence-electron chi connectivity index (χ4n) is 6.63. The molecular formula is C34H30N6O3S. The highest BCUT2D eigenvalue weighted by atomic mass is 32.2. The lowest BCUT2D eigenvalue weighted by atomic mass is 9.60. The van der Waals surface area contributed by atoms with E-state index in [1.54, 1.807) is 24.3 Å². The van der Waals surface area contributed by atoms with Crippen LogP contribution in [-0.2, 0) is 15.4 Å². The third-order valence-corrected chi connectivity index (χ3v) is 10.2. The maximum Gasteiger partial charge on any atom is 0.175 e. The molecule has 44 heavy (non-hydrogen) atoms. The highest BCUT2D eigenvalue weighted by Gasteiger charge is 2.58. The van der Waals surface area contributed by atoms with Gasteiger partial charge in [0.1, 0.15) is 5.52 Å².